The first-order chi connectivity index (χ1) is 7.49. The molecule has 0 atom stereocenters. The maximum atomic E-state index is 5.25. The van der Waals surface area contributed by atoms with E-state index in [1.54, 1.807) is 6.26 Å². The summed E-state index contributed by atoms with van der Waals surface area (Å²) in [6.45, 7) is 12.9. The summed E-state index contributed by atoms with van der Waals surface area (Å²) >= 11 is 0. The fourth-order valence-corrected chi connectivity index (χ4v) is 1.59. The van der Waals surface area contributed by atoms with Gasteiger partial charge in [0, 0.05) is 0 Å². The van der Waals surface area contributed by atoms with E-state index < -0.39 is 0 Å². The van der Waals surface area contributed by atoms with Crippen LogP contribution in [0, 0.1) is 0 Å². The highest BCUT2D eigenvalue weighted by atomic mass is 16.5. The van der Waals surface area contributed by atoms with E-state index in [1.165, 1.54) is 38.4 Å². The molecule has 0 aromatic rings. The molecule has 2 nitrogen and oxygen atoms in total. The Morgan fingerprint density at radius 3 is 1.88 bits per heavy atom. The molecule has 1 aliphatic carbocycles. The SMILES string of the molecule is C=COC(C)(C)C.C=COC1CCCCC1. The van der Waals surface area contributed by atoms with Crippen LogP contribution >= 0.6 is 0 Å². The van der Waals surface area contributed by atoms with E-state index in [4.69, 9.17) is 9.47 Å². The lowest BCUT2D eigenvalue weighted by Gasteiger charge is -2.20. The van der Waals surface area contributed by atoms with Crippen LogP contribution in [-0.4, -0.2) is 11.7 Å². The maximum Gasteiger partial charge on any atom is 0.0997 e. The Morgan fingerprint density at radius 2 is 1.56 bits per heavy atom. The molecule has 0 radical (unpaired) electrons. The topological polar surface area (TPSA) is 18.5 Å². The van der Waals surface area contributed by atoms with Crippen molar-refractivity contribution in [1.29, 1.82) is 0 Å². The van der Waals surface area contributed by atoms with Crippen LogP contribution in [0.5, 0.6) is 0 Å². The van der Waals surface area contributed by atoms with Gasteiger partial charge in [-0.2, -0.15) is 0 Å². The van der Waals surface area contributed by atoms with Crippen molar-refractivity contribution >= 4 is 0 Å². The van der Waals surface area contributed by atoms with Crippen LogP contribution in [0.4, 0.5) is 0 Å². The van der Waals surface area contributed by atoms with Gasteiger partial charge in [-0.3, -0.25) is 0 Å². The molecule has 0 unspecified atom stereocenters. The molecule has 1 aliphatic rings. The Bertz CT molecular complexity index is 185. The zero-order chi connectivity index (χ0) is 12.4. The lowest BCUT2D eigenvalue weighted by Crippen LogP contribution is -2.14. The molecule has 0 saturated heterocycles. The van der Waals surface area contributed by atoms with Gasteiger partial charge in [-0.15, -0.1) is 0 Å². The van der Waals surface area contributed by atoms with Crippen LogP contribution in [0.2, 0.25) is 0 Å². The lowest BCUT2D eigenvalue weighted by molar-refractivity contribution is 0.0775. The minimum absolute atomic E-state index is 0.0677. The van der Waals surface area contributed by atoms with Crippen molar-refractivity contribution in [1.82, 2.24) is 0 Å². The molecule has 0 amide bonds. The summed E-state index contributed by atoms with van der Waals surface area (Å²) in [6.07, 6.45) is 10.0. The summed E-state index contributed by atoms with van der Waals surface area (Å²) in [5.41, 5.74) is -0.0677. The molecule has 16 heavy (non-hydrogen) atoms. The first kappa shape index (κ1) is 15.1. The second-order valence-corrected chi connectivity index (χ2v) is 4.96. The summed E-state index contributed by atoms with van der Waals surface area (Å²) in [6, 6.07) is 0. The van der Waals surface area contributed by atoms with E-state index in [-0.39, 0.29) is 5.60 Å². The summed E-state index contributed by atoms with van der Waals surface area (Å²) < 4.78 is 10.2. The third-order valence-electron chi connectivity index (χ3n) is 2.28. The predicted molar refractivity (Wildman–Crippen MR) is 69.2 cm³/mol. The summed E-state index contributed by atoms with van der Waals surface area (Å²) in [4.78, 5) is 0. The van der Waals surface area contributed by atoms with Crippen LogP contribution in [0.25, 0.3) is 0 Å². The van der Waals surface area contributed by atoms with Crippen molar-refractivity contribution in [3.05, 3.63) is 25.7 Å². The average molecular weight is 226 g/mol. The largest absolute Gasteiger partial charge is 0.499 e. The molecule has 2 heteroatoms. The van der Waals surface area contributed by atoms with Crippen molar-refractivity contribution in [3.63, 3.8) is 0 Å². The third-order valence-corrected chi connectivity index (χ3v) is 2.28. The van der Waals surface area contributed by atoms with Crippen molar-refractivity contribution in [2.24, 2.45) is 0 Å². The fourth-order valence-electron chi connectivity index (χ4n) is 1.59. The number of hydrogen-bond donors (Lipinski definition) is 0. The highest BCUT2D eigenvalue weighted by Crippen LogP contribution is 2.19. The Hall–Kier alpha value is -0.920. The highest BCUT2D eigenvalue weighted by molar-refractivity contribution is 4.67. The Balaban J connectivity index is 0.000000293. The molecule has 0 aromatic heterocycles. The maximum absolute atomic E-state index is 5.25. The van der Waals surface area contributed by atoms with Crippen LogP contribution in [0.3, 0.4) is 0 Å². The van der Waals surface area contributed by atoms with E-state index in [9.17, 15) is 0 Å². The monoisotopic (exact) mass is 226 g/mol. The van der Waals surface area contributed by atoms with Crippen LogP contribution in [0.1, 0.15) is 52.9 Å². The van der Waals surface area contributed by atoms with E-state index >= 15 is 0 Å². The standard InChI is InChI=1S/C8H14O.C6H12O/c1-2-9-8-6-4-3-5-7-8;1-5-7-6(2,3)4/h2,8H,1,3-7H2;5H,1H2,2-4H3. The molecule has 0 heterocycles. The minimum atomic E-state index is -0.0677. The number of rotatable bonds is 3. The third kappa shape index (κ3) is 9.63. The van der Waals surface area contributed by atoms with Gasteiger partial charge in [-0.05, 0) is 46.5 Å². The molecule has 94 valence electrons. The van der Waals surface area contributed by atoms with Gasteiger partial charge in [-0.25, -0.2) is 0 Å². The van der Waals surface area contributed by atoms with Crippen molar-refractivity contribution in [3.8, 4) is 0 Å². The molecule has 1 rings (SSSR count). The van der Waals surface area contributed by atoms with Gasteiger partial charge in [-0.1, -0.05) is 19.6 Å². The minimum Gasteiger partial charge on any atom is -0.499 e. The molecule has 0 aliphatic heterocycles. The summed E-state index contributed by atoms with van der Waals surface area (Å²) in [5, 5.41) is 0. The van der Waals surface area contributed by atoms with Gasteiger partial charge in [0.2, 0.25) is 0 Å². The molecule has 1 saturated carbocycles. The quantitative estimate of drug-likeness (QED) is 0.663. The Morgan fingerprint density at radius 1 is 1.00 bits per heavy atom. The first-order valence-electron chi connectivity index (χ1n) is 6.04. The zero-order valence-corrected chi connectivity index (χ0v) is 11.0. The molecule has 0 bridgehead atoms. The van der Waals surface area contributed by atoms with Gasteiger partial charge in [0.1, 0.15) is 0 Å². The van der Waals surface area contributed by atoms with E-state index in [0.29, 0.717) is 6.10 Å². The van der Waals surface area contributed by atoms with E-state index in [1.807, 2.05) is 20.8 Å². The van der Waals surface area contributed by atoms with Gasteiger partial charge < -0.3 is 9.47 Å². The van der Waals surface area contributed by atoms with Gasteiger partial charge >= 0.3 is 0 Å². The highest BCUT2D eigenvalue weighted by Gasteiger charge is 2.11. The normalized spacial score (nSPS) is 16.7. The Kier molecular flexibility index (Phi) is 7.78. The van der Waals surface area contributed by atoms with Crippen LogP contribution in [-0.2, 0) is 9.47 Å². The Labute approximate surface area is 100 Å². The summed E-state index contributed by atoms with van der Waals surface area (Å²) in [5.74, 6) is 0. The molecule has 0 N–H and O–H groups in total. The second kappa shape index (κ2) is 8.26. The molecule has 0 aromatic carbocycles. The molecular formula is C14H26O2. The second-order valence-electron chi connectivity index (χ2n) is 4.96. The molecule has 0 spiro atoms. The van der Waals surface area contributed by atoms with Crippen LogP contribution in [0.15, 0.2) is 25.7 Å². The van der Waals surface area contributed by atoms with Crippen molar-refractivity contribution in [2.75, 3.05) is 0 Å². The van der Waals surface area contributed by atoms with E-state index in [2.05, 4.69) is 13.2 Å². The van der Waals surface area contributed by atoms with E-state index in [0.717, 1.165) is 0 Å². The van der Waals surface area contributed by atoms with Gasteiger partial charge in [0.05, 0.1) is 24.2 Å². The smallest absolute Gasteiger partial charge is 0.0997 e. The van der Waals surface area contributed by atoms with Crippen molar-refractivity contribution in [2.45, 2.75) is 64.6 Å². The number of hydrogen-bond acceptors (Lipinski definition) is 2. The number of ether oxygens (including phenoxy) is 2. The summed E-state index contributed by atoms with van der Waals surface area (Å²) in [7, 11) is 0. The van der Waals surface area contributed by atoms with Gasteiger partial charge in [0.15, 0.2) is 0 Å². The van der Waals surface area contributed by atoms with Gasteiger partial charge in [0.25, 0.3) is 0 Å². The molecular weight excluding hydrogens is 200 g/mol. The lowest BCUT2D eigenvalue weighted by atomic mass is 9.98. The predicted octanol–water partition coefficient (Wildman–Crippen LogP) is 4.42. The first-order valence-corrected chi connectivity index (χ1v) is 6.04. The average Bonchev–Trinajstić information content (AvgIpc) is 2.19. The van der Waals surface area contributed by atoms with Crippen LogP contribution < -0.4 is 0 Å². The van der Waals surface area contributed by atoms with Crippen molar-refractivity contribution < 1.29 is 9.47 Å². The molecule has 1 fully saturated rings. The fraction of sp³-hybridized carbons (Fsp3) is 0.714. The zero-order valence-electron chi connectivity index (χ0n) is 11.0.